The molecular formula is C9H9ClN4. The molecule has 0 spiro atoms. The van der Waals surface area contributed by atoms with E-state index in [9.17, 15) is 0 Å². The van der Waals surface area contributed by atoms with Crippen LogP contribution in [0.2, 0.25) is 5.02 Å². The lowest BCUT2D eigenvalue weighted by Gasteiger charge is -2.08. The minimum atomic E-state index is 0.426. The molecule has 0 saturated carbocycles. The van der Waals surface area contributed by atoms with Gasteiger partial charge in [0.1, 0.15) is 0 Å². The third-order valence-corrected chi connectivity index (χ3v) is 2.25. The van der Waals surface area contributed by atoms with Gasteiger partial charge in [0.05, 0.1) is 23.1 Å². The van der Waals surface area contributed by atoms with E-state index in [1.165, 1.54) is 0 Å². The minimum Gasteiger partial charge on any atom is -0.326 e. The van der Waals surface area contributed by atoms with Crippen LogP contribution in [0.4, 0.5) is 0 Å². The van der Waals surface area contributed by atoms with Crippen molar-refractivity contribution in [2.24, 2.45) is 5.73 Å². The Morgan fingerprint density at radius 2 is 2.29 bits per heavy atom. The summed E-state index contributed by atoms with van der Waals surface area (Å²) in [6, 6.07) is 5.59. The van der Waals surface area contributed by atoms with Crippen LogP contribution in [0.15, 0.2) is 30.6 Å². The Balaban J connectivity index is 2.61. The molecule has 2 N–H and O–H groups in total. The molecule has 0 saturated heterocycles. The first-order valence-electron chi connectivity index (χ1n) is 4.17. The van der Waals surface area contributed by atoms with E-state index in [-0.39, 0.29) is 0 Å². The SMILES string of the molecule is NCc1cccc(Cl)c1-n1ccnn1. The molecule has 0 radical (unpaired) electrons. The van der Waals surface area contributed by atoms with Gasteiger partial charge < -0.3 is 5.73 Å². The van der Waals surface area contributed by atoms with Crippen LogP contribution in [-0.2, 0) is 6.54 Å². The Morgan fingerprint density at radius 1 is 1.43 bits per heavy atom. The van der Waals surface area contributed by atoms with E-state index in [4.69, 9.17) is 17.3 Å². The number of para-hydroxylation sites is 1. The lowest BCUT2D eigenvalue weighted by molar-refractivity contribution is 0.792. The van der Waals surface area contributed by atoms with Crippen LogP contribution in [0, 0.1) is 0 Å². The molecule has 1 aromatic heterocycles. The molecule has 0 amide bonds. The third kappa shape index (κ3) is 1.49. The van der Waals surface area contributed by atoms with Crippen molar-refractivity contribution in [3.63, 3.8) is 0 Å². The molecule has 2 aromatic rings. The highest BCUT2D eigenvalue weighted by Gasteiger charge is 2.07. The highest BCUT2D eigenvalue weighted by atomic mass is 35.5. The third-order valence-electron chi connectivity index (χ3n) is 1.94. The minimum absolute atomic E-state index is 0.426. The summed E-state index contributed by atoms with van der Waals surface area (Å²) in [5.41, 5.74) is 7.35. The van der Waals surface area contributed by atoms with Crippen LogP contribution in [0.1, 0.15) is 5.56 Å². The van der Waals surface area contributed by atoms with Gasteiger partial charge in [0.15, 0.2) is 0 Å². The van der Waals surface area contributed by atoms with Crippen molar-refractivity contribution in [3.05, 3.63) is 41.2 Å². The van der Waals surface area contributed by atoms with Crippen molar-refractivity contribution in [2.45, 2.75) is 6.54 Å². The molecule has 14 heavy (non-hydrogen) atoms. The maximum absolute atomic E-state index is 6.06. The number of rotatable bonds is 2. The molecular weight excluding hydrogens is 200 g/mol. The predicted molar refractivity (Wildman–Crippen MR) is 54.3 cm³/mol. The van der Waals surface area contributed by atoms with Crippen LogP contribution in [0.25, 0.3) is 5.69 Å². The fraction of sp³-hybridized carbons (Fsp3) is 0.111. The zero-order chi connectivity index (χ0) is 9.97. The van der Waals surface area contributed by atoms with Crippen LogP contribution >= 0.6 is 11.6 Å². The number of hydrogen-bond donors (Lipinski definition) is 1. The largest absolute Gasteiger partial charge is 0.326 e. The van der Waals surface area contributed by atoms with Crippen LogP contribution in [0.3, 0.4) is 0 Å². The maximum atomic E-state index is 6.06. The summed E-state index contributed by atoms with van der Waals surface area (Å²) in [7, 11) is 0. The van der Waals surface area contributed by atoms with E-state index in [0.29, 0.717) is 11.6 Å². The first-order valence-corrected chi connectivity index (χ1v) is 4.55. The first-order chi connectivity index (χ1) is 6.83. The molecule has 0 unspecified atom stereocenters. The summed E-state index contributed by atoms with van der Waals surface area (Å²) in [5, 5.41) is 8.23. The van der Waals surface area contributed by atoms with Gasteiger partial charge in [-0.3, -0.25) is 0 Å². The van der Waals surface area contributed by atoms with Gasteiger partial charge in [-0.15, -0.1) is 5.10 Å². The Bertz CT molecular complexity index is 424. The summed E-state index contributed by atoms with van der Waals surface area (Å²) in [5.74, 6) is 0. The van der Waals surface area contributed by atoms with Gasteiger partial charge >= 0.3 is 0 Å². The Labute approximate surface area is 86.3 Å². The molecule has 4 nitrogen and oxygen atoms in total. The number of nitrogens with zero attached hydrogens (tertiary/aromatic N) is 3. The molecule has 0 aliphatic heterocycles. The van der Waals surface area contributed by atoms with E-state index >= 15 is 0 Å². The van der Waals surface area contributed by atoms with Crippen LogP contribution in [0.5, 0.6) is 0 Å². The van der Waals surface area contributed by atoms with Crippen LogP contribution < -0.4 is 5.73 Å². The lowest BCUT2D eigenvalue weighted by atomic mass is 10.2. The van der Waals surface area contributed by atoms with E-state index in [1.54, 1.807) is 23.1 Å². The standard InChI is InChI=1S/C9H9ClN4/c10-8-3-1-2-7(6-11)9(8)14-5-4-12-13-14/h1-5H,6,11H2. The maximum Gasteiger partial charge on any atom is 0.0894 e. The van der Waals surface area contributed by atoms with Crippen molar-refractivity contribution in [1.82, 2.24) is 15.0 Å². The molecule has 1 aromatic carbocycles. The molecule has 1 heterocycles. The zero-order valence-corrected chi connectivity index (χ0v) is 8.15. The van der Waals surface area contributed by atoms with Gasteiger partial charge in [-0.2, -0.15) is 0 Å². The van der Waals surface area contributed by atoms with Crippen molar-refractivity contribution in [2.75, 3.05) is 0 Å². The van der Waals surface area contributed by atoms with Crippen molar-refractivity contribution < 1.29 is 0 Å². The highest BCUT2D eigenvalue weighted by molar-refractivity contribution is 6.32. The summed E-state index contributed by atoms with van der Waals surface area (Å²) < 4.78 is 1.62. The van der Waals surface area contributed by atoms with E-state index in [0.717, 1.165) is 11.3 Å². The summed E-state index contributed by atoms with van der Waals surface area (Å²) in [4.78, 5) is 0. The number of hydrogen-bond acceptors (Lipinski definition) is 3. The highest BCUT2D eigenvalue weighted by Crippen LogP contribution is 2.22. The predicted octanol–water partition coefficient (Wildman–Crippen LogP) is 1.38. The molecule has 0 atom stereocenters. The van der Waals surface area contributed by atoms with Gasteiger partial charge in [-0.25, -0.2) is 4.68 Å². The zero-order valence-electron chi connectivity index (χ0n) is 7.39. The topological polar surface area (TPSA) is 56.7 Å². The molecule has 72 valence electrons. The fourth-order valence-corrected chi connectivity index (χ4v) is 1.59. The van der Waals surface area contributed by atoms with E-state index < -0.39 is 0 Å². The molecule has 0 bridgehead atoms. The van der Waals surface area contributed by atoms with E-state index in [1.807, 2.05) is 12.1 Å². The van der Waals surface area contributed by atoms with Gasteiger partial charge in [0.25, 0.3) is 0 Å². The molecule has 5 heteroatoms. The van der Waals surface area contributed by atoms with Crippen molar-refractivity contribution >= 4 is 11.6 Å². The van der Waals surface area contributed by atoms with Gasteiger partial charge in [0.2, 0.25) is 0 Å². The Hall–Kier alpha value is -1.39. The quantitative estimate of drug-likeness (QED) is 0.811. The second-order valence-electron chi connectivity index (χ2n) is 2.80. The van der Waals surface area contributed by atoms with E-state index in [2.05, 4.69) is 10.3 Å². The average molecular weight is 209 g/mol. The van der Waals surface area contributed by atoms with Crippen molar-refractivity contribution in [3.8, 4) is 5.69 Å². The normalized spacial score (nSPS) is 10.4. The fourth-order valence-electron chi connectivity index (χ4n) is 1.31. The average Bonchev–Trinajstić information content (AvgIpc) is 2.70. The Morgan fingerprint density at radius 3 is 2.93 bits per heavy atom. The first kappa shape index (κ1) is 9.18. The number of halogens is 1. The smallest absolute Gasteiger partial charge is 0.0894 e. The molecule has 0 aliphatic rings. The van der Waals surface area contributed by atoms with Gasteiger partial charge in [-0.05, 0) is 11.6 Å². The summed E-state index contributed by atoms with van der Waals surface area (Å²) >= 11 is 6.06. The lowest BCUT2D eigenvalue weighted by Crippen LogP contribution is -2.05. The second-order valence-corrected chi connectivity index (χ2v) is 3.21. The van der Waals surface area contributed by atoms with Crippen LogP contribution in [-0.4, -0.2) is 15.0 Å². The molecule has 0 fully saturated rings. The number of nitrogens with two attached hydrogens (primary N) is 1. The second kappa shape index (κ2) is 3.77. The Kier molecular flexibility index (Phi) is 2.47. The monoisotopic (exact) mass is 208 g/mol. The summed E-state index contributed by atoms with van der Waals surface area (Å²) in [6.45, 7) is 0.426. The number of benzene rings is 1. The molecule has 0 aliphatic carbocycles. The number of aromatic nitrogens is 3. The summed E-state index contributed by atoms with van der Waals surface area (Å²) in [6.07, 6.45) is 3.34. The van der Waals surface area contributed by atoms with Gasteiger partial charge in [-0.1, -0.05) is 28.9 Å². The van der Waals surface area contributed by atoms with Crippen molar-refractivity contribution in [1.29, 1.82) is 0 Å². The van der Waals surface area contributed by atoms with Gasteiger partial charge in [0, 0.05) is 6.54 Å². The molecule has 2 rings (SSSR count).